The van der Waals surface area contributed by atoms with Gasteiger partial charge in [0.1, 0.15) is 0 Å². The first kappa shape index (κ1) is 18.6. The second kappa shape index (κ2) is 7.13. The molecule has 0 spiro atoms. The Hall–Kier alpha value is -3.40. The van der Waals surface area contributed by atoms with Crippen LogP contribution in [0, 0.1) is 11.3 Å². The second-order valence-electron chi connectivity index (χ2n) is 8.47. The predicted octanol–water partition coefficient (Wildman–Crippen LogP) is 5.14. The number of hydrogen-bond acceptors (Lipinski definition) is 3. The number of esters is 1. The van der Waals surface area contributed by atoms with Crippen LogP contribution in [0.3, 0.4) is 0 Å². The van der Waals surface area contributed by atoms with E-state index in [0.29, 0.717) is 25.0 Å². The Morgan fingerprint density at radius 1 is 1.07 bits per heavy atom. The number of rotatable bonds is 4. The summed E-state index contributed by atoms with van der Waals surface area (Å²) in [6.07, 6.45) is 2.22. The molecule has 3 aromatic rings. The number of hydrogen-bond donors (Lipinski definition) is 1. The van der Waals surface area contributed by atoms with Crippen molar-refractivity contribution in [3.05, 3.63) is 90.0 Å². The van der Waals surface area contributed by atoms with Crippen molar-refractivity contribution in [2.75, 3.05) is 11.9 Å². The van der Waals surface area contributed by atoms with Gasteiger partial charge in [-0.3, -0.25) is 9.59 Å². The number of cyclic esters (lactones) is 1. The van der Waals surface area contributed by atoms with Gasteiger partial charge in [0.2, 0.25) is 0 Å². The highest BCUT2D eigenvalue weighted by molar-refractivity contribution is 6.06. The molecule has 2 unspecified atom stereocenters. The Labute approximate surface area is 175 Å². The SMILES string of the molecule is C=C1CC2COC(=O)C2(Cc2ccc(NC(=O)c3ccc4ccccc4c3)cc2)C1. The van der Waals surface area contributed by atoms with Crippen LogP contribution in [0.5, 0.6) is 0 Å². The Bertz CT molecular complexity index is 1160. The molecule has 1 aliphatic carbocycles. The average molecular weight is 397 g/mol. The summed E-state index contributed by atoms with van der Waals surface area (Å²) in [5, 5.41) is 5.10. The minimum atomic E-state index is -0.465. The van der Waals surface area contributed by atoms with Crippen molar-refractivity contribution < 1.29 is 14.3 Å². The van der Waals surface area contributed by atoms with Crippen molar-refractivity contribution in [1.82, 2.24) is 0 Å². The fraction of sp³-hybridized carbons (Fsp3) is 0.231. The molecule has 1 saturated carbocycles. The highest BCUT2D eigenvalue weighted by atomic mass is 16.5. The number of fused-ring (bicyclic) bond motifs is 2. The van der Waals surface area contributed by atoms with E-state index in [1.807, 2.05) is 66.7 Å². The molecule has 0 bridgehead atoms. The van der Waals surface area contributed by atoms with E-state index >= 15 is 0 Å². The summed E-state index contributed by atoms with van der Waals surface area (Å²) in [7, 11) is 0. The molecule has 1 N–H and O–H groups in total. The van der Waals surface area contributed by atoms with E-state index in [4.69, 9.17) is 4.74 Å². The van der Waals surface area contributed by atoms with E-state index < -0.39 is 5.41 Å². The summed E-state index contributed by atoms with van der Waals surface area (Å²) < 4.78 is 5.36. The van der Waals surface area contributed by atoms with Gasteiger partial charge in [0.25, 0.3) is 5.91 Å². The number of amides is 1. The van der Waals surface area contributed by atoms with Crippen LogP contribution in [0.2, 0.25) is 0 Å². The summed E-state index contributed by atoms with van der Waals surface area (Å²) in [5.41, 5.74) is 3.09. The van der Waals surface area contributed by atoms with E-state index in [9.17, 15) is 9.59 Å². The number of ether oxygens (including phenoxy) is 1. The van der Waals surface area contributed by atoms with E-state index in [-0.39, 0.29) is 17.8 Å². The van der Waals surface area contributed by atoms with Gasteiger partial charge in [0, 0.05) is 17.2 Å². The zero-order valence-corrected chi connectivity index (χ0v) is 16.7. The van der Waals surface area contributed by atoms with Crippen molar-refractivity contribution in [3.8, 4) is 0 Å². The van der Waals surface area contributed by atoms with Crippen molar-refractivity contribution in [3.63, 3.8) is 0 Å². The number of allylic oxidation sites excluding steroid dienone is 1. The molecule has 1 amide bonds. The molecule has 30 heavy (non-hydrogen) atoms. The molecular formula is C26H23NO3. The third-order valence-electron chi connectivity index (χ3n) is 6.45. The van der Waals surface area contributed by atoms with Crippen LogP contribution < -0.4 is 5.32 Å². The monoisotopic (exact) mass is 397 g/mol. The van der Waals surface area contributed by atoms with Gasteiger partial charge in [-0.2, -0.15) is 0 Å². The van der Waals surface area contributed by atoms with Crippen LogP contribution in [0.15, 0.2) is 78.9 Å². The molecule has 150 valence electrons. The van der Waals surface area contributed by atoms with Gasteiger partial charge >= 0.3 is 5.97 Å². The number of anilines is 1. The molecule has 0 radical (unpaired) electrons. The van der Waals surface area contributed by atoms with Crippen molar-refractivity contribution in [2.24, 2.45) is 11.3 Å². The molecule has 1 heterocycles. The Kier molecular flexibility index (Phi) is 4.43. The van der Waals surface area contributed by atoms with Crippen LogP contribution in [0.25, 0.3) is 10.8 Å². The minimum absolute atomic E-state index is 0.0974. The fourth-order valence-corrected chi connectivity index (χ4v) is 4.87. The van der Waals surface area contributed by atoms with Crippen LogP contribution >= 0.6 is 0 Å². The molecule has 5 rings (SSSR count). The second-order valence-corrected chi connectivity index (χ2v) is 8.47. The van der Waals surface area contributed by atoms with Crippen LogP contribution in [-0.2, 0) is 16.0 Å². The lowest BCUT2D eigenvalue weighted by atomic mass is 9.75. The van der Waals surface area contributed by atoms with Crippen LogP contribution in [-0.4, -0.2) is 18.5 Å². The van der Waals surface area contributed by atoms with Crippen molar-refractivity contribution in [1.29, 1.82) is 0 Å². The maximum Gasteiger partial charge on any atom is 0.313 e. The summed E-state index contributed by atoms with van der Waals surface area (Å²) >= 11 is 0. The molecule has 1 aliphatic heterocycles. The zero-order valence-electron chi connectivity index (χ0n) is 16.7. The van der Waals surface area contributed by atoms with Gasteiger partial charge in [-0.1, -0.05) is 54.6 Å². The summed E-state index contributed by atoms with van der Waals surface area (Å²) in [4.78, 5) is 25.1. The molecular weight excluding hydrogens is 374 g/mol. The van der Waals surface area contributed by atoms with E-state index in [0.717, 1.165) is 34.0 Å². The van der Waals surface area contributed by atoms with E-state index in [1.54, 1.807) is 0 Å². The molecule has 2 fully saturated rings. The summed E-state index contributed by atoms with van der Waals surface area (Å²) in [5.74, 6) is -0.0109. The smallest absolute Gasteiger partial charge is 0.313 e. The standard InChI is InChI=1S/C26H23NO3/c1-17-12-22-16-30-25(29)26(22,14-17)15-18-6-10-23(11-7-18)27-24(28)21-9-8-19-4-2-3-5-20(19)13-21/h2-11,13,22H,1,12,14-16H2,(H,27,28). The number of carbonyl (C=O) groups excluding carboxylic acids is 2. The molecule has 0 aromatic heterocycles. The first-order valence-corrected chi connectivity index (χ1v) is 10.3. The zero-order chi connectivity index (χ0) is 20.7. The fourth-order valence-electron chi connectivity index (χ4n) is 4.87. The van der Waals surface area contributed by atoms with Gasteiger partial charge in [0.05, 0.1) is 12.0 Å². The van der Waals surface area contributed by atoms with E-state index in [1.165, 1.54) is 0 Å². The van der Waals surface area contributed by atoms with Gasteiger partial charge in [-0.25, -0.2) is 0 Å². The van der Waals surface area contributed by atoms with Gasteiger partial charge in [-0.05, 0) is 59.9 Å². The number of carbonyl (C=O) groups is 2. The summed E-state index contributed by atoms with van der Waals surface area (Å²) in [6.45, 7) is 4.59. The Balaban J connectivity index is 1.31. The van der Waals surface area contributed by atoms with Crippen molar-refractivity contribution in [2.45, 2.75) is 19.3 Å². The summed E-state index contributed by atoms with van der Waals surface area (Å²) in [6, 6.07) is 21.4. The quantitative estimate of drug-likeness (QED) is 0.490. The first-order valence-electron chi connectivity index (χ1n) is 10.3. The predicted molar refractivity (Wildman–Crippen MR) is 117 cm³/mol. The van der Waals surface area contributed by atoms with Crippen LogP contribution in [0.1, 0.15) is 28.8 Å². The maximum absolute atomic E-state index is 12.7. The van der Waals surface area contributed by atoms with Gasteiger partial charge in [0.15, 0.2) is 0 Å². The van der Waals surface area contributed by atoms with Gasteiger partial charge < -0.3 is 10.1 Å². The molecule has 1 saturated heterocycles. The van der Waals surface area contributed by atoms with Gasteiger partial charge in [-0.15, -0.1) is 0 Å². The topological polar surface area (TPSA) is 55.4 Å². The van der Waals surface area contributed by atoms with E-state index in [2.05, 4.69) is 11.9 Å². The lowest BCUT2D eigenvalue weighted by molar-refractivity contribution is -0.146. The Morgan fingerprint density at radius 2 is 1.83 bits per heavy atom. The average Bonchev–Trinajstić information content (AvgIpc) is 3.22. The molecule has 3 aromatic carbocycles. The Morgan fingerprint density at radius 3 is 2.63 bits per heavy atom. The van der Waals surface area contributed by atoms with Crippen LogP contribution in [0.4, 0.5) is 5.69 Å². The normalized spacial score (nSPS) is 22.7. The first-order chi connectivity index (χ1) is 14.5. The highest BCUT2D eigenvalue weighted by Gasteiger charge is 2.55. The molecule has 4 heteroatoms. The number of benzene rings is 3. The minimum Gasteiger partial charge on any atom is -0.465 e. The molecule has 2 aliphatic rings. The maximum atomic E-state index is 12.7. The van der Waals surface area contributed by atoms with Crippen molar-refractivity contribution >= 4 is 28.3 Å². The third kappa shape index (κ3) is 3.18. The largest absolute Gasteiger partial charge is 0.465 e. The number of nitrogens with one attached hydrogen (secondary N) is 1. The third-order valence-corrected chi connectivity index (χ3v) is 6.45. The lowest BCUT2D eigenvalue weighted by Gasteiger charge is -2.24. The molecule has 4 nitrogen and oxygen atoms in total. The highest BCUT2D eigenvalue weighted by Crippen LogP contribution is 2.52. The lowest BCUT2D eigenvalue weighted by Crippen LogP contribution is -2.31. The molecule has 2 atom stereocenters.